The second-order valence-corrected chi connectivity index (χ2v) is 9.43. The maximum Gasteiger partial charge on any atom is 0.417 e. The minimum atomic E-state index is -1.12. The number of nitrogens with one attached hydrogen (secondary N) is 2. The number of carbonyl (C=O) groups is 5. The molecule has 37 heavy (non-hydrogen) atoms. The second-order valence-electron chi connectivity index (χ2n) is 9.43. The van der Waals surface area contributed by atoms with Crippen molar-refractivity contribution in [1.29, 1.82) is 0 Å². The van der Waals surface area contributed by atoms with Gasteiger partial charge in [0.05, 0.1) is 0 Å². The van der Waals surface area contributed by atoms with Gasteiger partial charge in [0.15, 0.2) is 11.2 Å². The van der Waals surface area contributed by atoms with Crippen LogP contribution in [0.1, 0.15) is 44.6 Å². The number of imide groups is 2. The van der Waals surface area contributed by atoms with E-state index in [0.29, 0.717) is 32.5 Å². The Labute approximate surface area is 214 Å². The van der Waals surface area contributed by atoms with Crippen molar-refractivity contribution in [2.24, 2.45) is 0 Å². The van der Waals surface area contributed by atoms with Crippen molar-refractivity contribution in [2.45, 2.75) is 56.8 Å². The summed E-state index contributed by atoms with van der Waals surface area (Å²) in [6.45, 7) is 4.71. The molecule has 200 valence electrons. The topological polar surface area (TPSA) is 144 Å². The Bertz CT molecular complexity index is 1030. The first-order chi connectivity index (χ1) is 17.8. The number of benzene rings is 1. The molecule has 5 rings (SSSR count). The molecule has 4 fully saturated rings. The van der Waals surface area contributed by atoms with Gasteiger partial charge in [-0.2, -0.15) is 0 Å². The molecule has 2 N–H and O–H groups in total. The van der Waals surface area contributed by atoms with E-state index in [1.165, 1.54) is 9.80 Å². The van der Waals surface area contributed by atoms with E-state index in [-0.39, 0.29) is 25.4 Å². The normalized spacial score (nSPS) is 21.8. The van der Waals surface area contributed by atoms with Crippen LogP contribution in [0.5, 0.6) is 0 Å². The Kier molecular flexibility index (Phi) is 7.96. The molecule has 0 saturated carbocycles. The molecule has 5 amide bonds. The summed E-state index contributed by atoms with van der Waals surface area (Å²) >= 11 is 0. The fourth-order valence-electron chi connectivity index (χ4n) is 4.80. The first-order valence-electron chi connectivity index (χ1n) is 12.5. The number of amides is 5. The smallest absolute Gasteiger partial charge is 0.417 e. The molecule has 4 aliphatic rings. The highest BCUT2D eigenvalue weighted by Crippen LogP contribution is 2.32. The minimum Gasteiger partial charge on any atom is -0.445 e. The highest BCUT2D eigenvalue weighted by Gasteiger charge is 2.54. The molecule has 0 aromatic heterocycles. The number of alkyl carbamates (subject to hydrolysis) is 1. The van der Waals surface area contributed by atoms with E-state index in [0.717, 1.165) is 25.1 Å². The number of nitrogens with zero attached hydrogens (tertiary/aromatic N) is 2. The summed E-state index contributed by atoms with van der Waals surface area (Å²) in [5.74, 6) is -0.564. The molecule has 1 aromatic carbocycles. The molecule has 4 heterocycles. The largest absolute Gasteiger partial charge is 0.445 e. The number of carbonyl (C=O) groups excluding carboxylic acids is 5. The Morgan fingerprint density at radius 3 is 2.24 bits per heavy atom. The van der Waals surface area contributed by atoms with Crippen molar-refractivity contribution in [3.63, 3.8) is 0 Å². The van der Waals surface area contributed by atoms with Gasteiger partial charge in [0.1, 0.15) is 6.61 Å². The minimum absolute atomic E-state index is 0.143. The lowest BCUT2D eigenvalue weighted by Gasteiger charge is -2.35. The highest BCUT2D eigenvalue weighted by atomic mass is 16.6. The zero-order valence-electron chi connectivity index (χ0n) is 20.8. The maximum absolute atomic E-state index is 12.0. The van der Waals surface area contributed by atoms with Crippen molar-refractivity contribution in [3.8, 4) is 0 Å². The van der Waals surface area contributed by atoms with Crippen LogP contribution in [-0.4, -0.2) is 83.8 Å². The van der Waals surface area contributed by atoms with E-state index < -0.39 is 35.4 Å². The van der Waals surface area contributed by atoms with Crippen LogP contribution in [0, 0.1) is 0 Å². The lowest BCUT2D eigenvalue weighted by molar-refractivity contribution is -0.138. The van der Waals surface area contributed by atoms with Crippen LogP contribution >= 0.6 is 0 Å². The van der Waals surface area contributed by atoms with Gasteiger partial charge >= 0.3 is 18.3 Å². The first-order valence-corrected chi connectivity index (χ1v) is 12.5. The van der Waals surface area contributed by atoms with Gasteiger partial charge in [-0.25, -0.2) is 19.3 Å². The molecule has 0 atom stereocenters. The van der Waals surface area contributed by atoms with Gasteiger partial charge in [-0.15, -0.1) is 0 Å². The van der Waals surface area contributed by atoms with E-state index in [2.05, 4.69) is 10.6 Å². The zero-order valence-corrected chi connectivity index (χ0v) is 20.8. The summed E-state index contributed by atoms with van der Waals surface area (Å²) in [5.41, 5.74) is -1.06. The molecule has 0 unspecified atom stereocenters. The second kappa shape index (κ2) is 11.2. The lowest BCUT2D eigenvalue weighted by Crippen LogP contribution is -2.51. The average Bonchev–Trinajstić information content (AvgIpc) is 3.30. The van der Waals surface area contributed by atoms with E-state index in [4.69, 9.17) is 14.2 Å². The zero-order chi connectivity index (χ0) is 26.5. The summed E-state index contributed by atoms with van der Waals surface area (Å²) in [6.07, 6.45) is 0.915. The van der Waals surface area contributed by atoms with Crippen LogP contribution in [0.15, 0.2) is 30.3 Å². The number of ether oxygens (including phenoxy) is 3. The van der Waals surface area contributed by atoms with E-state index in [1.54, 1.807) is 0 Å². The fourth-order valence-corrected chi connectivity index (χ4v) is 4.80. The van der Waals surface area contributed by atoms with Crippen LogP contribution < -0.4 is 10.6 Å². The molecular weight excluding hydrogens is 484 g/mol. The van der Waals surface area contributed by atoms with E-state index >= 15 is 0 Å². The standard InChI is InChI=1S/C15H16N2O5.C10H16N2O3/c18-12-15(22-13(19)16-12)6-8-17(9-7-15)14(20)21-10-11-4-2-1-3-5-11;1-2-7-12-8(13)10(15-9(12)14)3-5-11-6-4-10/h1-5H,6-10H2,(H,16,18,19);11H,2-7H2,1H3. The summed E-state index contributed by atoms with van der Waals surface area (Å²) in [5, 5.41) is 5.29. The highest BCUT2D eigenvalue weighted by molar-refractivity contribution is 6.03. The number of rotatable bonds is 4. The predicted octanol–water partition coefficient (Wildman–Crippen LogP) is 1.92. The molecule has 4 aliphatic heterocycles. The van der Waals surface area contributed by atoms with E-state index in [1.807, 2.05) is 37.3 Å². The van der Waals surface area contributed by atoms with E-state index in [9.17, 15) is 24.0 Å². The Balaban J connectivity index is 0.000000186. The summed E-state index contributed by atoms with van der Waals surface area (Å²) in [4.78, 5) is 61.2. The number of hydrogen-bond acceptors (Lipinski definition) is 9. The average molecular weight is 517 g/mol. The van der Waals surface area contributed by atoms with Gasteiger partial charge in [-0.3, -0.25) is 14.9 Å². The predicted molar refractivity (Wildman–Crippen MR) is 128 cm³/mol. The number of piperidine rings is 2. The van der Waals surface area contributed by atoms with Gasteiger partial charge in [0, 0.05) is 45.3 Å². The van der Waals surface area contributed by atoms with Crippen molar-refractivity contribution in [2.75, 3.05) is 32.7 Å². The summed E-state index contributed by atoms with van der Waals surface area (Å²) < 4.78 is 15.6. The lowest BCUT2D eigenvalue weighted by atomic mass is 9.91. The van der Waals surface area contributed by atoms with Crippen molar-refractivity contribution in [1.82, 2.24) is 20.4 Å². The molecule has 2 spiro atoms. The SMILES string of the molecule is CCCN1C(=O)OC2(CCNCC2)C1=O.O=C1NC(=O)C2(CCN(C(=O)OCc3ccccc3)CC2)O1. The number of hydrogen-bond donors (Lipinski definition) is 2. The van der Waals surface area contributed by atoms with Crippen LogP contribution in [0.25, 0.3) is 0 Å². The Morgan fingerprint density at radius 1 is 0.973 bits per heavy atom. The third-order valence-corrected chi connectivity index (χ3v) is 6.95. The molecule has 0 radical (unpaired) electrons. The molecule has 1 aromatic rings. The molecule has 12 nitrogen and oxygen atoms in total. The monoisotopic (exact) mass is 516 g/mol. The van der Waals surface area contributed by atoms with Gasteiger partial charge < -0.3 is 24.4 Å². The van der Waals surface area contributed by atoms with Crippen molar-refractivity contribution < 1.29 is 38.2 Å². The van der Waals surface area contributed by atoms with Crippen LogP contribution in [-0.2, 0) is 30.4 Å². The molecule has 12 heteroatoms. The van der Waals surface area contributed by atoms with Crippen LogP contribution in [0.3, 0.4) is 0 Å². The Morgan fingerprint density at radius 2 is 1.65 bits per heavy atom. The van der Waals surface area contributed by atoms with Gasteiger partial charge in [-0.1, -0.05) is 37.3 Å². The summed E-state index contributed by atoms with van der Waals surface area (Å²) in [7, 11) is 0. The quantitative estimate of drug-likeness (QED) is 0.574. The van der Waals surface area contributed by atoms with Gasteiger partial charge in [-0.05, 0) is 25.1 Å². The third kappa shape index (κ3) is 5.68. The molecule has 0 bridgehead atoms. The van der Waals surface area contributed by atoms with Crippen molar-refractivity contribution >= 4 is 30.1 Å². The third-order valence-electron chi connectivity index (χ3n) is 6.95. The summed E-state index contributed by atoms with van der Waals surface area (Å²) in [6, 6.07) is 9.40. The Hall–Kier alpha value is -3.67. The van der Waals surface area contributed by atoms with Crippen molar-refractivity contribution in [3.05, 3.63) is 35.9 Å². The fraction of sp³-hybridized carbons (Fsp3) is 0.560. The molecule has 0 aliphatic carbocycles. The van der Waals surface area contributed by atoms with Gasteiger partial charge in [0.2, 0.25) is 0 Å². The first kappa shape index (κ1) is 26.4. The number of likely N-dealkylation sites (tertiary alicyclic amines) is 1. The van der Waals surface area contributed by atoms with Crippen LogP contribution in [0.4, 0.5) is 14.4 Å². The van der Waals surface area contributed by atoms with Gasteiger partial charge in [0.25, 0.3) is 11.8 Å². The molecular formula is C25H32N4O8. The molecule has 4 saturated heterocycles. The maximum atomic E-state index is 12.0. The van der Waals surface area contributed by atoms with Crippen LogP contribution in [0.2, 0.25) is 0 Å².